The molecule has 1 N–H and O–H groups in total. The Kier molecular flexibility index (Phi) is 5.62. The molecule has 0 radical (unpaired) electrons. The molecule has 0 saturated carbocycles. The van der Waals surface area contributed by atoms with Crippen LogP contribution in [0.4, 0.5) is 5.69 Å². The van der Waals surface area contributed by atoms with E-state index < -0.39 is 0 Å². The van der Waals surface area contributed by atoms with Crippen molar-refractivity contribution < 1.29 is 9.59 Å². The molecule has 1 heterocycles. The molecule has 0 spiro atoms. The van der Waals surface area contributed by atoms with E-state index in [-0.39, 0.29) is 23.7 Å². The molecule has 1 aliphatic rings. The summed E-state index contributed by atoms with van der Waals surface area (Å²) < 4.78 is 0. The summed E-state index contributed by atoms with van der Waals surface area (Å²) in [4.78, 5) is 26.1. The number of anilines is 1. The van der Waals surface area contributed by atoms with Crippen molar-refractivity contribution in [3.63, 3.8) is 0 Å². The highest BCUT2D eigenvalue weighted by Crippen LogP contribution is 2.23. The third-order valence-corrected chi connectivity index (χ3v) is 4.36. The van der Waals surface area contributed by atoms with Crippen molar-refractivity contribution in [2.75, 3.05) is 18.4 Å². The van der Waals surface area contributed by atoms with Crippen LogP contribution in [-0.4, -0.2) is 29.8 Å². The largest absolute Gasteiger partial charge is 0.342 e. The number of likely N-dealkylation sites (tertiary alicyclic amines) is 1. The maximum atomic E-state index is 12.3. The van der Waals surface area contributed by atoms with Gasteiger partial charge in [0.05, 0.1) is 10.6 Å². The van der Waals surface area contributed by atoms with Gasteiger partial charge in [-0.15, -0.1) is 0 Å². The zero-order valence-corrected chi connectivity index (χ0v) is 14.1. The van der Waals surface area contributed by atoms with Crippen molar-refractivity contribution in [1.29, 1.82) is 5.26 Å². The standard InChI is InChI=1S/C17H20ClN3O2/c1-11(2)17(23)21-7-5-12(6-8-21)16(22)20-14-3-4-15(18)13(9-14)10-19/h3-4,9,11-12H,5-8H2,1-2H3,(H,20,22). The number of hydrogen-bond donors (Lipinski definition) is 1. The Morgan fingerprint density at radius 1 is 1.35 bits per heavy atom. The van der Waals surface area contributed by atoms with Gasteiger partial charge in [-0.2, -0.15) is 5.26 Å². The molecule has 6 heteroatoms. The number of carbonyl (C=O) groups excluding carboxylic acids is 2. The maximum absolute atomic E-state index is 12.3. The molecule has 0 unspecified atom stereocenters. The Bertz CT molecular complexity index is 644. The molecule has 1 aromatic rings. The van der Waals surface area contributed by atoms with Crippen LogP contribution >= 0.6 is 11.6 Å². The van der Waals surface area contributed by atoms with Crippen LogP contribution in [0, 0.1) is 23.2 Å². The fraction of sp³-hybridized carbons (Fsp3) is 0.471. The molecule has 1 saturated heterocycles. The van der Waals surface area contributed by atoms with Crippen LogP contribution < -0.4 is 5.32 Å². The van der Waals surface area contributed by atoms with E-state index in [0.29, 0.717) is 42.2 Å². The highest BCUT2D eigenvalue weighted by atomic mass is 35.5. The van der Waals surface area contributed by atoms with Gasteiger partial charge in [0.2, 0.25) is 11.8 Å². The van der Waals surface area contributed by atoms with E-state index in [4.69, 9.17) is 16.9 Å². The molecule has 0 atom stereocenters. The molecule has 2 amide bonds. The number of nitrogens with one attached hydrogen (secondary N) is 1. The summed E-state index contributed by atoms with van der Waals surface area (Å²) in [5, 5.41) is 12.2. The SMILES string of the molecule is CC(C)C(=O)N1CCC(C(=O)Nc2ccc(Cl)c(C#N)c2)CC1. The minimum absolute atomic E-state index is 0.0150. The van der Waals surface area contributed by atoms with Crippen LogP contribution in [0.15, 0.2) is 18.2 Å². The van der Waals surface area contributed by atoms with Crippen molar-refractivity contribution >= 4 is 29.1 Å². The number of amides is 2. The Labute approximate surface area is 141 Å². The lowest BCUT2D eigenvalue weighted by Crippen LogP contribution is -2.43. The minimum atomic E-state index is -0.118. The number of rotatable bonds is 3. The summed E-state index contributed by atoms with van der Waals surface area (Å²) in [6.45, 7) is 4.99. The summed E-state index contributed by atoms with van der Waals surface area (Å²) >= 11 is 5.88. The summed E-state index contributed by atoms with van der Waals surface area (Å²) in [6.07, 6.45) is 1.31. The van der Waals surface area contributed by atoms with Crippen LogP contribution in [0.2, 0.25) is 5.02 Å². The molecule has 1 fully saturated rings. The van der Waals surface area contributed by atoms with Gasteiger partial charge in [-0.05, 0) is 31.0 Å². The average molecular weight is 334 g/mol. The number of piperidine rings is 1. The van der Waals surface area contributed by atoms with E-state index in [9.17, 15) is 9.59 Å². The molecule has 122 valence electrons. The zero-order valence-electron chi connectivity index (χ0n) is 13.3. The van der Waals surface area contributed by atoms with E-state index in [1.54, 1.807) is 18.2 Å². The van der Waals surface area contributed by atoms with Gasteiger partial charge in [0.1, 0.15) is 6.07 Å². The average Bonchev–Trinajstić information content (AvgIpc) is 2.55. The van der Waals surface area contributed by atoms with Gasteiger partial charge in [-0.25, -0.2) is 0 Å². The van der Waals surface area contributed by atoms with Crippen LogP contribution in [0.1, 0.15) is 32.3 Å². The second-order valence-corrected chi connectivity index (χ2v) is 6.46. The molecule has 1 aliphatic heterocycles. The number of carbonyl (C=O) groups is 2. The highest BCUT2D eigenvalue weighted by Gasteiger charge is 2.28. The first-order valence-electron chi connectivity index (χ1n) is 7.71. The molecular formula is C17H20ClN3O2. The van der Waals surface area contributed by atoms with Crippen molar-refractivity contribution in [3.8, 4) is 6.07 Å². The van der Waals surface area contributed by atoms with E-state index >= 15 is 0 Å². The number of nitriles is 1. The summed E-state index contributed by atoms with van der Waals surface area (Å²) in [5.74, 6) is -0.0700. The van der Waals surface area contributed by atoms with Gasteiger partial charge in [0.25, 0.3) is 0 Å². The van der Waals surface area contributed by atoms with Gasteiger partial charge < -0.3 is 10.2 Å². The molecule has 1 aromatic carbocycles. The summed E-state index contributed by atoms with van der Waals surface area (Å²) in [7, 11) is 0. The van der Waals surface area contributed by atoms with Gasteiger partial charge in [0, 0.05) is 30.6 Å². The monoisotopic (exact) mass is 333 g/mol. The lowest BCUT2D eigenvalue weighted by atomic mass is 9.95. The lowest BCUT2D eigenvalue weighted by molar-refractivity contribution is -0.137. The normalized spacial score (nSPS) is 15.3. The topological polar surface area (TPSA) is 73.2 Å². The van der Waals surface area contributed by atoms with Crippen molar-refractivity contribution in [2.45, 2.75) is 26.7 Å². The van der Waals surface area contributed by atoms with Gasteiger partial charge in [-0.3, -0.25) is 9.59 Å². The van der Waals surface area contributed by atoms with Crippen molar-refractivity contribution in [3.05, 3.63) is 28.8 Å². The highest BCUT2D eigenvalue weighted by molar-refractivity contribution is 6.31. The molecular weight excluding hydrogens is 314 g/mol. The van der Waals surface area contributed by atoms with Crippen molar-refractivity contribution in [1.82, 2.24) is 4.90 Å². The number of benzene rings is 1. The first-order valence-corrected chi connectivity index (χ1v) is 8.09. The lowest BCUT2D eigenvalue weighted by Gasteiger charge is -2.32. The Morgan fingerprint density at radius 2 is 2.00 bits per heavy atom. The maximum Gasteiger partial charge on any atom is 0.227 e. The van der Waals surface area contributed by atoms with E-state index in [0.717, 1.165) is 0 Å². The number of halogens is 1. The Hall–Kier alpha value is -2.06. The van der Waals surface area contributed by atoms with E-state index in [1.807, 2.05) is 24.8 Å². The number of nitrogens with zero attached hydrogens (tertiary/aromatic N) is 2. The molecule has 2 rings (SSSR count). The third kappa shape index (κ3) is 4.23. The smallest absolute Gasteiger partial charge is 0.227 e. The van der Waals surface area contributed by atoms with E-state index in [2.05, 4.69) is 5.32 Å². The third-order valence-electron chi connectivity index (χ3n) is 4.03. The molecule has 23 heavy (non-hydrogen) atoms. The summed E-state index contributed by atoms with van der Waals surface area (Å²) in [6, 6.07) is 6.83. The predicted octanol–water partition coefficient (Wildman–Crippen LogP) is 3.04. The van der Waals surface area contributed by atoms with Crippen LogP contribution in [0.3, 0.4) is 0 Å². The quantitative estimate of drug-likeness (QED) is 0.924. The first-order chi connectivity index (χ1) is 10.9. The van der Waals surface area contributed by atoms with Gasteiger partial charge >= 0.3 is 0 Å². The van der Waals surface area contributed by atoms with Gasteiger partial charge in [0.15, 0.2) is 0 Å². The molecule has 5 nitrogen and oxygen atoms in total. The molecule has 0 aromatic heterocycles. The second-order valence-electron chi connectivity index (χ2n) is 6.05. The Morgan fingerprint density at radius 3 is 2.57 bits per heavy atom. The zero-order chi connectivity index (χ0) is 17.0. The minimum Gasteiger partial charge on any atom is -0.342 e. The van der Waals surface area contributed by atoms with Crippen LogP contribution in [0.25, 0.3) is 0 Å². The molecule has 0 aliphatic carbocycles. The fourth-order valence-corrected chi connectivity index (χ4v) is 2.82. The van der Waals surface area contributed by atoms with E-state index in [1.165, 1.54) is 0 Å². The van der Waals surface area contributed by atoms with Crippen molar-refractivity contribution in [2.24, 2.45) is 11.8 Å². The Balaban J connectivity index is 1.93. The van der Waals surface area contributed by atoms with Crippen LogP contribution in [0.5, 0.6) is 0 Å². The number of hydrogen-bond acceptors (Lipinski definition) is 3. The summed E-state index contributed by atoms with van der Waals surface area (Å²) in [5.41, 5.74) is 0.901. The predicted molar refractivity (Wildman–Crippen MR) is 88.9 cm³/mol. The fourth-order valence-electron chi connectivity index (χ4n) is 2.66. The molecule has 0 bridgehead atoms. The first kappa shape index (κ1) is 17.3. The van der Waals surface area contributed by atoms with Gasteiger partial charge in [-0.1, -0.05) is 25.4 Å². The second kappa shape index (κ2) is 7.47. The van der Waals surface area contributed by atoms with Crippen LogP contribution in [-0.2, 0) is 9.59 Å².